The van der Waals surface area contributed by atoms with Crippen LogP contribution in [0.15, 0.2) is 18.2 Å². The van der Waals surface area contributed by atoms with E-state index in [4.69, 9.17) is 26.6 Å². The van der Waals surface area contributed by atoms with Crippen LogP contribution in [0.5, 0.6) is 0 Å². The monoisotopic (exact) mass is 451 g/mol. The molecule has 2 fully saturated rings. The van der Waals surface area contributed by atoms with Crippen molar-refractivity contribution in [3.8, 4) is 0 Å². The van der Waals surface area contributed by atoms with E-state index in [-0.39, 0.29) is 5.92 Å². The number of carbonyl (C=O) groups is 3. The van der Waals surface area contributed by atoms with Crippen LogP contribution in [0.1, 0.15) is 28.8 Å². The lowest BCUT2D eigenvalue weighted by Gasteiger charge is -2.18. The standard InChI is InChI=1S/C17H20ClNO4.C2HF3O2/c1-23-17(22)10-2-3-11(15(18)6-10)7-19-8-13-4-12(16(20)21)5-14(13)9-19;3-2(4,5)1(6)7/h2-3,6,12-14H,4-5,7-9H2,1H3,(H,20,21);(H,6,7)/t12?,13-,14+;. The first-order valence-corrected chi connectivity index (χ1v) is 9.42. The number of halogens is 4. The summed E-state index contributed by atoms with van der Waals surface area (Å²) in [6.45, 7) is 2.57. The van der Waals surface area contributed by atoms with Crippen molar-refractivity contribution in [1.29, 1.82) is 0 Å². The Hall–Kier alpha value is -2.33. The Balaban J connectivity index is 0.000000396. The van der Waals surface area contributed by atoms with Gasteiger partial charge in [0, 0.05) is 24.7 Å². The van der Waals surface area contributed by atoms with Crippen molar-refractivity contribution in [1.82, 2.24) is 4.90 Å². The zero-order chi connectivity index (χ0) is 22.6. The van der Waals surface area contributed by atoms with E-state index < -0.39 is 24.1 Å². The highest BCUT2D eigenvalue weighted by atomic mass is 35.5. The molecule has 3 atom stereocenters. The summed E-state index contributed by atoms with van der Waals surface area (Å²) in [4.78, 5) is 33.8. The molecule has 7 nitrogen and oxygen atoms in total. The Morgan fingerprint density at radius 1 is 1.17 bits per heavy atom. The molecule has 1 saturated carbocycles. The molecule has 0 spiro atoms. The predicted molar refractivity (Wildman–Crippen MR) is 99.1 cm³/mol. The maximum atomic E-state index is 11.5. The number of likely N-dealkylation sites (tertiary alicyclic amines) is 1. The molecule has 1 unspecified atom stereocenters. The van der Waals surface area contributed by atoms with Crippen molar-refractivity contribution in [2.24, 2.45) is 17.8 Å². The molecule has 166 valence electrons. The number of hydrogen-bond donors (Lipinski definition) is 2. The van der Waals surface area contributed by atoms with E-state index in [1.807, 2.05) is 6.07 Å². The van der Waals surface area contributed by atoms with E-state index in [1.165, 1.54) is 7.11 Å². The van der Waals surface area contributed by atoms with Crippen LogP contribution in [0.3, 0.4) is 0 Å². The lowest BCUT2D eigenvalue weighted by molar-refractivity contribution is -0.192. The number of esters is 1. The number of benzene rings is 1. The van der Waals surface area contributed by atoms with Crippen molar-refractivity contribution in [3.05, 3.63) is 34.3 Å². The third-order valence-corrected chi connectivity index (χ3v) is 5.64. The third-order valence-electron chi connectivity index (χ3n) is 5.29. The normalized spacial score (nSPS) is 23.3. The summed E-state index contributed by atoms with van der Waals surface area (Å²) in [6, 6.07) is 5.23. The van der Waals surface area contributed by atoms with Gasteiger partial charge < -0.3 is 14.9 Å². The van der Waals surface area contributed by atoms with Gasteiger partial charge >= 0.3 is 24.1 Å². The molecule has 0 aromatic heterocycles. The molecule has 1 aromatic carbocycles. The second-order valence-electron chi connectivity index (χ2n) is 7.32. The average Bonchev–Trinajstić information content (AvgIpc) is 3.21. The fourth-order valence-corrected chi connectivity index (χ4v) is 4.13. The van der Waals surface area contributed by atoms with Crippen molar-refractivity contribution in [2.45, 2.75) is 25.6 Å². The summed E-state index contributed by atoms with van der Waals surface area (Å²) in [5.74, 6) is -3.03. The Morgan fingerprint density at radius 3 is 2.10 bits per heavy atom. The van der Waals surface area contributed by atoms with Gasteiger partial charge in [-0.3, -0.25) is 9.69 Å². The number of carbonyl (C=O) groups excluding carboxylic acids is 1. The minimum Gasteiger partial charge on any atom is -0.481 e. The molecule has 2 aliphatic rings. The molecule has 0 bridgehead atoms. The number of nitrogens with zero attached hydrogens (tertiary/aromatic N) is 1. The highest BCUT2D eigenvalue weighted by Gasteiger charge is 2.43. The lowest BCUT2D eigenvalue weighted by Crippen LogP contribution is -2.23. The third kappa shape index (κ3) is 6.09. The van der Waals surface area contributed by atoms with Gasteiger partial charge in [-0.25, -0.2) is 9.59 Å². The molecule has 11 heteroatoms. The molecule has 1 aliphatic carbocycles. The van der Waals surface area contributed by atoms with Gasteiger partial charge in [0.1, 0.15) is 0 Å². The molecule has 1 saturated heterocycles. The van der Waals surface area contributed by atoms with Gasteiger partial charge in [0.2, 0.25) is 0 Å². The Bertz CT molecular complexity index is 802. The number of fused-ring (bicyclic) bond motifs is 1. The molecule has 0 amide bonds. The average molecular weight is 452 g/mol. The number of alkyl halides is 3. The number of aliphatic carboxylic acids is 2. The lowest BCUT2D eigenvalue weighted by atomic mass is 10.0. The fraction of sp³-hybridized carbons (Fsp3) is 0.526. The highest BCUT2D eigenvalue weighted by molar-refractivity contribution is 6.31. The first kappa shape index (κ1) is 23.9. The number of methoxy groups -OCH3 is 1. The Morgan fingerprint density at radius 2 is 1.70 bits per heavy atom. The first-order valence-electron chi connectivity index (χ1n) is 9.04. The number of ether oxygens (including phenoxy) is 1. The van der Waals surface area contributed by atoms with Crippen LogP contribution in [-0.4, -0.2) is 59.4 Å². The summed E-state index contributed by atoms with van der Waals surface area (Å²) in [6.07, 6.45) is -3.52. The van der Waals surface area contributed by atoms with Crippen LogP contribution < -0.4 is 0 Å². The van der Waals surface area contributed by atoms with E-state index in [1.54, 1.807) is 12.1 Å². The molecule has 0 radical (unpaired) electrons. The van der Waals surface area contributed by atoms with Crippen LogP contribution in [0.25, 0.3) is 0 Å². The van der Waals surface area contributed by atoms with Crippen LogP contribution >= 0.6 is 11.6 Å². The molecule has 2 N–H and O–H groups in total. The van der Waals surface area contributed by atoms with Crippen molar-refractivity contribution in [2.75, 3.05) is 20.2 Å². The Kier molecular flexibility index (Phi) is 7.70. The zero-order valence-corrected chi connectivity index (χ0v) is 16.7. The van der Waals surface area contributed by atoms with Crippen molar-refractivity contribution in [3.63, 3.8) is 0 Å². The summed E-state index contributed by atoms with van der Waals surface area (Å²) < 4.78 is 36.4. The van der Waals surface area contributed by atoms with E-state index in [0.29, 0.717) is 22.4 Å². The van der Waals surface area contributed by atoms with Crippen molar-refractivity contribution >= 4 is 29.5 Å². The first-order chi connectivity index (χ1) is 13.9. The Labute approximate surface area is 175 Å². The summed E-state index contributed by atoms with van der Waals surface area (Å²) in [5.41, 5.74) is 1.43. The second-order valence-corrected chi connectivity index (χ2v) is 7.73. The summed E-state index contributed by atoms with van der Waals surface area (Å²) >= 11 is 6.28. The van der Waals surface area contributed by atoms with E-state index >= 15 is 0 Å². The van der Waals surface area contributed by atoms with Gasteiger partial charge in [-0.1, -0.05) is 17.7 Å². The summed E-state index contributed by atoms with van der Waals surface area (Å²) in [7, 11) is 1.34. The largest absolute Gasteiger partial charge is 0.490 e. The van der Waals surface area contributed by atoms with Gasteiger partial charge in [-0.15, -0.1) is 0 Å². The smallest absolute Gasteiger partial charge is 0.481 e. The maximum absolute atomic E-state index is 11.5. The second kappa shape index (κ2) is 9.65. The molecule has 1 aromatic rings. The fourth-order valence-electron chi connectivity index (χ4n) is 3.89. The topological polar surface area (TPSA) is 104 Å². The number of carboxylic acids is 2. The molecule has 3 rings (SSSR count). The van der Waals surface area contributed by atoms with Crippen LogP contribution in [-0.2, 0) is 20.9 Å². The minimum absolute atomic E-state index is 0.171. The van der Waals surface area contributed by atoms with Gasteiger partial charge in [0.05, 0.1) is 18.6 Å². The van der Waals surface area contributed by atoms with Crippen LogP contribution in [0.2, 0.25) is 5.02 Å². The van der Waals surface area contributed by atoms with E-state index in [0.717, 1.165) is 38.0 Å². The molecular formula is C19H21ClF3NO6. The minimum atomic E-state index is -5.08. The SMILES string of the molecule is COC(=O)c1ccc(CN2C[C@H]3CC(C(=O)O)C[C@H]3C2)c(Cl)c1.O=C(O)C(F)(F)F. The van der Waals surface area contributed by atoms with Crippen molar-refractivity contribution < 1.29 is 42.5 Å². The van der Waals surface area contributed by atoms with Gasteiger partial charge in [0.15, 0.2) is 0 Å². The number of rotatable bonds is 4. The maximum Gasteiger partial charge on any atom is 0.490 e. The van der Waals surface area contributed by atoms with E-state index in [9.17, 15) is 22.8 Å². The van der Waals surface area contributed by atoms with Crippen LogP contribution in [0.4, 0.5) is 13.2 Å². The number of hydrogen-bond acceptors (Lipinski definition) is 5. The summed E-state index contributed by atoms with van der Waals surface area (Å²) in [5, 5.41) is 16.8. The number of carboxylic acid groups (broad SMARTS) is 2. The molecule has 1 heterocycles. The quantitative estimate of drug-likeness (QED) is 0.677. The zero-order valence-electron chi connectivity index (χ0n) is 16.0. The predicted octanol–water partition coefficient (Wildman–Crippen LogP) is 3.30. The van der Waals surface area contributed by atoms with Gasteiger partial charge in [0.25, 0.3) is 0 Å². The molecule has 1 aliphatic heterocycles. The van der Waals surface area contributed by atoms with E-state index in [2.05, 4.69) is 9.64 Å². The van der Waals surface area contributed by atoms with Gasteiger partial charge in [-0.05, 0) is 42.4 Å². The molecule has 30 heavy (non-hydrogen) atoms. The van der Waals surface area contributed by atoms with Gasteiger partial charge in [-0.2, -0.15) is 13.2 Å². The highest BCUT2D eigenvalue weighted by Crippen LogP contribution is 2.42. The van der Waals surface area contributed by atoms with Crippen LogP contribution in [0, 0.1) is 17.8 Å². The molecular weight excluding hydrogens is 431 g/mol.